The first-order valence-electron chi connectivity index (χ1n) is 8.38. The first-order valence-corrected chi connectivity index (χ1v) is 9.91. The summed E-state index contributed by atoms with van der Waals surface area (Å²) in [6, 6.07) is 14.6. The number of halogens is 1. The van der Waals surface area contributed by atoms with Crippen LogP contribution in [0.25, 0.3) is 46.4 Å². The third-order valence-corrected chi connectivity index (χ3v) is 5.22. The molecule has 0 saturated heterocycles. The number of H-pyrrole nitrogens is 2. The molecule has 8 bridgehead atoms. The minimum Gasteiger partial charge on any atom is -0.355 e. The first kappa shape index (κ1) is 15.6. The van der Waals surface area contributed by atoms with Gasteiger partial charge >= 0.3 is 0 Å². The number of fused-ring (bicyclic) bond motifs is 8. The SMILES string of the molecule is ICc1cc2cc3ccc(cc4nc(cc5nc(cc1[nH]2)C=C5)C=C4)[nH]3. The van der Waals surface area contributed by atoms with E-state index in [2.05, 4.69) is 73.9 Å². The number of aromatic amines is 2. The van der Waals surface area contributed by atoms with Crippen molar-refractivity contribution in [1.29, 1.82) is 0 Å². The highest BCUT2D eigenvalue weighted by atomic mass is 127. The van der Waals surface area contributed by atoms with Crippen molar-refractivity contribution in [3.8, 4) is 0 Å². The lowest BCUT2D eigenvalue weighted by molar-refractivity contribution is 1.27. The van der Waals surface area contributed by atoms with Crippen molar-refractivity contribution >= 4 is 69.0 Å². The highest BCUT2D eigenvalue weighted by Gasteiger charge is 2.04. The number of hydrogen-bond acceptors (Lipinski definition) is 2. The van der Waals surface area contributed by atoms with Crippen molar-refractivity contribution in [2.75, 3.05) is 0 Å². The lowest BCUT2D eigenvalue weighted by Crippen LogP contribution is -1.78. The predicted molar refractivity (Wildman–Crippen MR) is 117 cm³/mol. The minimum atomic E-state index is 0.918. The van der Waals surface area contributed by atoms with Gasteiger partial charge < -0.3 is 9.97 Å². The Balaban J connectivity index is 1.86. The van der Waals surface area contributed by atoms with Crippen LogP contribution in [0.2, 0.25) is 0 Å². The fraction of sp³-hybridized carbons (Fsp3) is 0.0476. The van der Waals surface area contributed by atoms with Crippen LogP contribution in [0, 0.1) is 0 Å². The molecule has 5 rings (SSSR count). The molecule has 0 aliphatic carbocycles. The zero-order chi connectivity index (χ0) is 17.5. The molecule has 5 heteroatoms. The lowest BCUT2D eigenvalue weighted by atomic mass is 10.3. The summed E-state index contributed by atoms with van der Waals surface area (Å²) in [5.41, 5.74) is 9.27. The Morgan fingerprint density at radius 2 is 1.27 bits per heavy atom. The maximum absolute atomic E-state index is 4.69. The quantitative estimate of drug-likeness (QED) is 0.258. The minimum absolute atomic E-state index is 0.918. The van der Waals surface area contributed by atoms with Gasteiger partial charge in [0.2, 0.25) is 0 Å². The fourth-order valence-corrected chi connectivity index (χ4v) is 3.82. The summed E-state index contributed by atoms with van der Waals surface area (Å²) in [5.74, 6) is 0. The molecular formula is C21H15IN4. The van der Waals surface area contributed by atoms with Gasteiger partial charge in [0, 0.05) is 26.5 Å². The molecule has 0 radical (unpaired) electrons. The number of nitrogens with one attached hydrogen (secondary N) is 2. The Morgan fingerprint density at radius 3 is 1.96 bits per heavy atom. The van der Waals surface area contributed by atoms with Gasteiger partial charge in [0.1, 0.15) is 0 Å². The molecule has 0 unspecified atom stereocenters. The topological polar surface area (TPSA) is 57.4 Å². The van der Waals surface area contributed by atoms with Gasteiger partial charge in [-0.25, -0.2) is 9.97 Å². The van der Waals surface area contributed by atoms with Crippen molar-refractivity contribution in [3.63, 3.8) is 0 Å². The zero-order valence-corrected chi connectivity index (χ0v) is 16.0. The van der Waals surface area contributed by atoms with E-state index in [0.29, 0.717) is 0 Å². The summed E-state index contributed by atoms with van der Waals surface area (Å²) < 4.78 is 0.942. The van der Waals surface area contributed by atoms with E-state index >= 15 is 0 Å². The van der Waals surface area contributed by atoms with Crippen LogP contribution >= 0.6 is 22.6 Å². The van der Waals surface area contributed by atoms with Crippen LogP contribution in [-0.4, -0.2) is 19.9 Å². The van der Waals surface area contributed by atoms with E-state index in [0.717, 1.165) is 49.3 Å². The van der Waals surface area contributed by atoms with Crippen molar-refractivity contribution in [1.82, 2.24) is 19.9 Å². The highest BCUT2D eigenvalue weighted by Crippen LogP contribution is 2.20. The number of hydrogen-bond donors (Lipinski definition) is 2. The molecule has 0 saturated carbocycles. The molecule has 0 amide bonds. The van der Waals surface area contributed by atoms with Crippen LogP contribution in [0.5, 0.6) is 0 Å². The summed E-state index contributed by atoms with van der Waals surface area (Å²) in [6.45, 7) is 0. The second kappa shape index (κ2) is 6.25. The van der Waals surface area contributed by atoms with Crippen LogP contribution in [0.4, 0.5) is 0 Å². The summed E-state index contributed by atoms with van der Waals surface area (Å²) in [7, 11) is 0. The molecule has 4 nitrogen and oxygen atoms in total. The van der Waals surface area contributed by atoms with E-state index in [1.165, 1.54) is 5.56 Å². The summed E-state index contributed by atoms with van der Waals surface area (Å²) in [4.78, 5) is 16.3. The molecule has 2 aliphatic heterocycles. The Labute approximate surface area is 163 Å². The average molecular weight is 450 g/mol. The van der Waals surface area contributed by atoms with Gasteiger partial charge in [-0.05, 0) is 72.3 Å². The van der Waals surface area contributed by atoms with E-state index in [-0.39, 0.29) is 0 Å². The van der Waals surface area contributed by atoms with Gasteiger partial charge in [-0.3, -0.25) is 0 Å². The van der Waals surface area contributed by atoms with Crippen molar-refractivity contribution in [2.24, 2.45) is 0 Å². The number of rotatable bonds is 1. The molecule has 0 atom stereocenters. The number of alkyl halides is 1. The van der Waals surface area contributed by atoms with Gasteiger partial charge in [-0.2, -0.15) is 0 Å². The molecule has 3 aromatic rings. The first-order chi connectivity index (χ1) is 12.7. The van der Waals surface area contributed by atoms with Gasteiger partial charge in [-0.1, -0.05) is 22.6 Å². The van der Waals surface area contributed by atoms with Gasteiger partial charge in [0.15, 0.2) is 0 Å². The van der Waals surface area contributed by atoms with Crippen LogP contribution in [0.3, 0.4) is 0 Å². The van der Waals surface area contributed by atoms with E-state index in [4.69, 9.17) is 4.98 Å². The Morgan fingerprint density at radius 1 is 0.654 bits per heavy atom. The van der Waals surface area contributed by atoms with Crippen molar-refractivity contribution in [2.45, 2.75) is 4.43 Å². The largest absolute Gasteiger partial charge is 0.355 e. The third-order valence-electron chi connectivity index (χ3n) is 4.40. The molecule has 126 valence electrons. The highest BCUT2D eigenvalue weighted by molar-refractivity contribution is 14.1. The molecule has 0 spiro atoms. The predicted octanol–water partition coefficient (Wildman–Crippen LogP) is 5.59. The zero-order valence-electron chi connectivity index (χ0n) is 13.8. The maximum atomic E-state index is 4.69. The second-order valence-corrected chi connectivity index (χ2v) is 7.10. The van der Waals surface area contributed by atoms with E-state index in [9.17, 15) is 0 Å². The normalized spacial score (nSPS) is 12.7. The number of nitrogens with zero attached hydrogens (tertiary/aromatic N) is 2. The molecule has 2 N–H and O–H groups in total. The molecule has 0 aromatic carbocycles. The van der Waals surface area contributed by atoms with Crippen LogP contribution in [0.15, 0.2) is 42.5 Å². The lowest BCUT2D eigenvalue weighted by Gasteiger charge is -1.89. The summed E-state index contributed by atoms with van der Waals surface area (Å²) >= 11 is 2.40. The van der Waals surface area contributed by atoms with E-state index in [1.54, 1.807) is 0 Å². The smallest absolute Gasteiger partial charge is 0.0659 e. The molecule has 2 aliphatic rings. The van der Waals surface area contributed by atoms with Gasteiger partial charge in [0.05, 0.1) is 22.8 Å². The molecular weight excluding hydrogens is 435 g/mol. The van der Waals surface area contributed by atoms with Gasteiger partial charge in [-0.15, -0.1) is 0 Å². The van der Waals surface area contributed by atoms with Crippen LogP contribution in [-0.2, 0) is 4.43 Å². The maximum Gasteiger partial charge on any atom is 0.0659 e. The molecule has 26 heavy (non-hydrogen) atoms. The van der Waals surface area contributed by atoms with E-state index in [1.807, 2.05) is 30.4 Å². The Kier molecular flexibility index (Phi) is 3.74. The Hall–Kier alpha value is -2.67. The second-order valence-electron chi connectivity index (χ2n) is 6.33. The standard InChI is InChI=1S/C21H15IN4/c22-12-13-7-20-10-18-4-3-16(24-18)8-14-1-2-15(23-14)9-17-5-6-19(25-17)11-21(13)26-20/h1-11,24,26H,12H2. The van der Waals surface area contributed by atoms with Crippen LogP contribution in [0.1, 0.15) is 28.3 Å². The van der Waals surface area contributed by atoms with Crippen molar-refractivity contribution in [3.05, 3.63) is 70.8 Å². The average Bonchev–Trinajstić information content (AvgIpc) is 3.39. The van der Waals surface area contributed by atoms with E-state index < -0.39 is 0 Å². The molecule has 0 fully saturated rings. The Bertz CT molecular complexity index is 1230. The molecule has 3 aromatic heterocycles. The third kappa shape index (κ3) is 2.99. The fourth-order valence-electron chi connectivity index (χ4n) is 3.19. The molecule has 5 heterocycles. The number of aromatic nitrogens is 4. The van der Waals surface area contributed by atoms with Crippen LogP contribution < -0.4 is 0 Å². The van der Waals surface area contributed by atoms with Gasteiger partial charge in [0.25, 0.3) is 0 Å². The van der Waals surface area contributed by atoms with Crippen molar-refractivity contribution < 1.29 is 0 Å². The summed E-state index contributed by atoms with van der Waals surface area (Å²) in [5, 5.41) is 0. The monoisotopic (exact) mass is 450 g/mol. The summed E-state index contributed by atoms with van der Waals surface area (Å²) in [6.07, 6.45) is 8.10.